The van der Waals surface area contributed by atoms with Crippen molar-refractivity contribution in [2.24, 2.45) is 0 Å². The predicted molar refractivity (Wildman–Crippen MR) is 58.3 cm³/mol. The van der Waals surface area contributed by atoms with E-state index < -0.39 is 0 Å². The van der Waals surface area contributed by atoms with Crippen LogP contribution in [0.4, 0.5) is 0 Å². The Balaban J connectivity index is 1.51. The maximum Gasteiger partial charge on any atom is 0.0808 e. The van der Waals surface area contributed by atoms with Gasteiger partial charge in [-0.2, -0.15) is 0 Å². The van der Waals surface area contributed by atoms with Crippen LogP contribution in [0.1, 0.15) is 13.8 Å². The molecule has 2 aliphatic rings. The third-order valence-corrected chi connectivity index (χ3v) is 4.13. The monoisotopic (exact) mass is 220 g/mol. The summed E-state index contributed by atoms with van der Waals surface area (Å²) in [6, 6.07) is 0. The van der Waals surface area contributed by atoms with Crippen molar-refractivity contribution in [3.63, 3.8) is 0 Å². The first kappa shape index (κ1) is 10.1. The highest BCUT2D eigenvalue weighted by molar-refractivity contribution is 8.08. The second-order valence-electron chi connectivity index (χ2n) is 3.53. The molecule has 2 rings (SSSR count). The van der Waals surface area contributed by atoms with Gasteiger partial charge < -0.3 is 0 Å². The normalized spacial score (nSPS) is 27.2. The van der Waals surface area contributed by atoms with Crippen LogP contribution in [-0.2, 0) is 3.63 Å². The molecular formula is C8H16N2OS2. The highest BCUT2D eigenvalue weighted by Gasteiger charge is 2.27. The fourth-order valence-electron chi connectivity index (χ4n) is 1.10. The van der Waals surface area contributed by atoms with Crippen molar-refractivity contribution >= 4 is 24.1 Å². The molecular weight excluding hydrogens is 204 g/mol. The second-order valence-corrected chi connectivity index (χ2v) is 5.82. The summed E-state index contributed by atoms with van der Waals surface area (Å²) in [5.74, 6) is 0. The van der Waals surface area contributed by atoms with Crippen molar-refractivity contribution in [1.29, 1.82) is 0 Å². The van der Waals surface area contributed by atoms with Gasteiger partial charge >= 0.3 is 0 Å². The Labute approximate surface area is 88.6 Å². The van der Waals surface area contributed by atoms with Gasteiger partial charge in [0.15, 0.2) is 0 Å². The number of hydrogen-bond donors (Lipinski definition) is 0. The van der Waals surface area contributed by atoms with Crippen molar-refractivity contribution in [3.8, 4) is 0 Å². The van der Waals surface area contributed by atoms with E-state index in [-0.39, 0.29) is 0 Å². The van der Waals surface area contributed by atoms with Gasteiger partial charge in [0.2, 0.25) is 0 Å². The molecule has 0 bridgehead atoms. The Bertz CT molecular complexity index is 156. The van der Waals surface area contributed by atoms with Crippen molar-refractivity contribution in [2.75, 3.05) is 26.2 Å². The molecule has 5 heteroatoms. The minimum absolute atomic E-state index is 0.522. The van der Waals surface area contributed by atoms with Crippen LogP contribution in [0.2, 0.25) is 0 Å². The van der Waals surface area contributed by atoms with Gasteiger partial charge in [-0.25, -0.2) is 3.63 Å². The second kappa shape index (κ2) is 4.40. The molecule has 2 aliphatic heterocycles. The fourth-order valence-corrected chi connectivity index (χ4v) is 2.86. The van der Waals surface area contributed by atoms with Crippen molar-refractivity contribution < 1.29 is 3.63 Å². The molecule has 2 heterocycles. The lowest BCUT2D eigenvalue weighted by atomic mass is 10.7. The Morgan fingerprint density at radius 2 is 1.31 bits per heavy atom. The third kappa shape index (κ3) is 3.32. The van der Waals surface area contributed by atoms with Crippen molar-refractivity contribution in [3.05, 3.63) is 0 Å². The minimum Gasteiger partial charge on any atom is -0.287 e. The summed E-state index contributed by atoms with van der Waals surface area (Å²) in [5.41, 5.74) is 0. The summed E-state index contributed by atoms with van der Waals surface area (Å²) in [5, 5.41) is 1.04. The fraction of sp³-hybridized carbons (Fsp3) is 1.00. The number of hydrogen-bond acceptors (Lipinski definition) is 5. The zero-order chi connectivity index (χ0) is 9.26. The average molecular weight is 220 g/mol. The van der Waals surface area contributed by atoms with Gasteiger partial charge in [-0.1, -0.05) is 0 Å². The molecule has 3 nitrogen and oxygen atoms in total. The van der Waals surface area contributed by atoms with Crippen LogP contribution in [0.25, 0.3) is 0 Å². The molecule has 0 saturated carbocycles. The SMILES string of the molecule is CC(SOSC(C)N1CC1)N1CC1. The van der Waals surface area contributed by atoms with E-state index in [1.807, 2.05) is 0 Å². The van der Waals surface area contributed by atoms with Gasteiger partial charge in [0, 0.05) is 50.3 Å². The molecule has 0 spiro atoms. The molecule has 2 saturated heterocycles. The molecule has 0 aromatic rings. The van der Waals surface area contributed by atoms with Gasteiger partial charge in [-0.3, -0.25) is 9.80 Å². The summed E-state index contributed by atoms with van der Waals surface area (Å²) < 4.78 is 5.51. The van der Waals surface area contributed by atoms with E-state index in [0.717, 1.165) is 0 Å². The lowest BCUT2D eigenvalue weighted by Crippen LogP contribution is -2.11. The van der Waals surface area contributed by atoms with Crippen LogP contribution < -0.4 is 0 Å². The highest BCUT2D eigenvalue weighted by Crippen LogP contribution is 2.30. The molecule has 76 valence electrons. The molecule has 0 aliphatic carbocycles. The van der Waals surface area contributed by atoms with E-state index in [9.17, 15) is 0 Å². The zero-order valence-electron chi connectivity index (χ0n) is 8.10. The maximum absolute atomic E-state index is 5.51. The van der Waals surface area contributed by atoms with Gasteiger partial charge in [-0.15, -0.1) is 0 Å². The van der Waals surface area contributed by atoms with E-state index in [2.05, 4.69) is 23.6 Å². The summed E-state index contributed by atoms with van der Waals surface area (Å²) in [4.78, 5) is 4.76. The van der Waals surface area contributed by atoms with Crippen molar-refractivity contribution in [2.45, 2.75) is 24.6 Å². The van der Waals surface area contributed by atoms with Crippen molar-refractivity contribution in [1.82, 2.24) is 9.80 Å². The molecule has 0 N–H and O–H groups in total. The van der Waals surface area contributed by atoms with Gasteiger partial charge in [0.05, 0.1) is 10.7 Å². The van der Waals surface area contributed by atoms with Crippen LogP contribution in [0.5, 0.6) is 0 Å². The lowest BCUT2D eigenvalue weighted by molar-refractivity contribution is 0.520. The Kier molecular flexibility index (Phi) is 3.42. The third-order valence-electron chi connectivity index (χ3n) is 2.35. The first-order valence-corrected chi connectivity index (χ1v) is 6.35. The lowest BCUT2D eigenvalue weighted by Gasteiger charge is -2.13. The standard InChI is InChI=1S/C8H16N2OS2/c1-7(9-3-4-9)12-11-13-8(2)10-5-6-10/h7-8H,3-6H2,1-2H3. The summed E-state index contributed by atoms with van der Waals surface area (Å²) in [7, 11) is 0. The molecule has 0 radical (unpaired) electrons. The average Bonchev–Trinajstić information content (AvgIpc) is 2.95. The Morgan fingerprint density at radius 1 is 0.923 bits per heavy atom. The highest BCUT2D eigenvalue weighted by atomic mass is 32.2. The van der Waals surface area contributed by atoms with Gasteiger partial charge in [-0.05, 0) is 13.8 Å². The van der Waals surface area contributed by atoms with E-state index in [1.165, 1.54) is 26.2 Å². The van der Waals surface area contributed by atoms with E-state index in [0.29, 0.717) is 10.7 Å². The minimum atomic E-state index is 0.522. The summed E-state index contributed by atoms with van der Waals surface area (Å²) in [6.07, 6.45) is 0. The Morgan fingerprint density at radius 3 is 1.62 bits per heavy atom. The number of rotatable bonds is 6. The molecule has 0 amide bonds. The van der Waals surface area contributed by atoms with Gasteiger partial charge in [0.1, 0.15) is 0 Å². The first-order valence-electron chi connectivity index (χ1n) is 4.74. The summed E-state index contributed by atoms with van der Waals surface area (Å²) in [6.45, 7) is 9.35. The largest absolute Gasteiger partial charge is 0.287 e. The molecule has 2 fully saturated rings. The van der Waals surface area contributed by atoms with Crippen LogP contribution in [0.15, 0.2) is 0 Å². The van der Waals surface area contributed by atoms with Crippen LogP contribution in [-0.4, -0.2) is 46.7 Å². The topological polar surface area (TPSA) is 15.2 Å². The molecule has 2 atom stereocenters. The number of nitrogens with zero attached hydrogens (tertiary/aromatic N) is 2. The van der Waals surface area contributed by atoms with Crippen LogP contribution in [0, 0.1) is 0 Å². The van der Waals surface area contributed by atoms with Crippen LogP contribution >= 0.6 is 24.1 Å². The first-order chi connectivity index (χ1) is 6.27. The summed E-state index contributed by atoms with van der Waals surface area (Å²) >= 11 is 3.17. The van der Waals surface area contributed by atoms with E-state index >= 15 is 0 Å². The molecule has 0 aromatic heterocycles. The van der Waals surface area contributed by atoms with E-state index in [4.69, 9.17) is 3.63 Å². The van der Waals surface area contributed by atoms with Gasteiger partial charge in [0.25, 0.3) is 0 Å². The Hall–Kier alpha value is 0.580. The molecule has 13 heavy (non-hydrogen) atoms. The zero-order valence-corrected chi connectivity index (χ0v) is 9.74. The van der Waals surface area contributed by atoms with Crippen LogP contribution in [0.3, 0.4) is 0 Å². The smallest absolute Gasteiger partial charge is 0.0808 e. The van der Waals surface area contributed by atoms with E-state index in [1.54, 1.807) is 24.1 Å². The maximum atomic E-state index is 5.51. The molecule has 2 unspecified atom stereocenters. The molecule has 0 aromatic carbocycles. The predicted octanol–water partition coefficient (Wildman–Crippen LogP) is 1.62. The quantitative estimate of drug-likeness (QED) is 0.498.